The monoisotopic (exact) mass is 443 g/mol. The van der Waals surface area contributed by atoms with E-state index in [1.54, 1.807) is 19.4 Å². The maximum atomic E-state index is 11.0. The number of ether oxygens (including phenoxy) is 1. The Labute approximate surface area is 167 Å². The first kappa shape index (κ1) is 17.8. The Morgan fingerprint density at radius 1 is 1.37 bits per heavy atom. The highest BCUT2D eigenvalue weighted by atomic mass is 79.9. The second kappa shape index (κ2) is 6.86. The molecule has 1 aliphatic carbocycles. The molecular weight excluding hydrogens is 430 g/mol. The molecule has 0 spiro atoms. The summed E-state index contributed by atoms with van der Waals surface area (Å²) in [5.41, 5.74) is 4.76. The molecule has 3 aromatic rings. The van der Waals surface area contributed by atoms with Crippen LogP contribution in [0.2, 0.25) is 0 Å². The molecule has 6 nitrogen and oxygen atoms in total. The topological polar surface area (TPSA) is 77.6 Å². The van der Waals surface area contributed by atoms with E-state index in [0.717, 1.165) is 38.3 Å². The molecule has 0 radical (unpaired) electrons. The van der Waals surface area contributed by atoms with Gasteiger partial charge in [-0.1, -0.05) is 33.3 Å². The summed E-state index contributed by atoms with van der Waals surface area (Å²) in [6.45, 7) is 1.89. The summed E-state index contributed by atoms with van der Waals surface area (Å²) in [5.74, 6) is 0.794. The van der Waals surface area contributed by atoms with Gasteiger partial charge in [-0.2, -0.15) is 0 Å². The molecule has 0 fully saturated rings. The van der Waals surface area contributed by atoms with Crippen LogP contribution in [0, 0.1) is 17.0 Å². The average molecular weight is 444 g/mol. The first-order chi connectivity index (χ1) is 13.0. The fraction of sp³-hybridized carbons (Fsp3) is 0.158. The van der Waals surface area contributed by atoms with Gasteiger partial charge in [0.15, 0.2) is 0 Å². The van der Waals surface area contributed by atoms with E-state index in [0.29, 0.717) is 10.7 Å². The van der Waals surface area contributed by atoms with E-state index in [2.05, 4.69) is 25.9 Å². The molecule has 0 N–H and O–H groups in total. The van der Waals surface area contributed by atoms with Gasteiger partial charge in [0.2, 0.25) is 5.13 Å². The number of halogens is 1. The molecule has 2 aromatic carbocycles. The van der Waals surface area contributed by atoms with Crippen LogP contribution >= 0.6 is 27.3 Å². The van der Waals surface area contributed by atoms with Crippen molar-refractivity contribution in [3.05, 3.63) is 66.5 Å². The van der Waals surface area contributed by atoms with Gasteiger partial charge in [-0.05, 0) is 30.2 Å². The number of rotatable bonds is 4. The van der Waals surface area contributed by atoms with Crippen LogP contribution < -0.4 is 4.74 Å². The number of aromatic nitrogens is 1. The molecule has 0 unspecified atom stereocenters. The summed E-state index contributed by atoms with van der Waals surface area (Å²) in [6.07, 6.45) is 2.42. The lowest BCUT2D eigenvalue weighted by molar-refractivity contribution is -0.384. The number of aliphatic imine (C=N–C) groups is 1. The van der Waals surface area contributed by atoms with Gasteiger partial charge in [0.05, 0.1) is 17.7 Å². The first-order valence-electron chi connectivity index (χ1n) is 8.12. The van der Waals surface area contributed by atoms with E-state index in [-0.39, 0.29) is 5.69 Å². The lowest BCUT2D eigenvalue weighted by Crippen LogP contribution is -1.92. The number of aryl methyl sites for hydroxylation is 1. The number of fused-ring (bicyclic) bond motifs is 3. The summed E-state index contributed by atoms with van der Waals surface area (Å²) in [4.78, 5) is 20.8. The zero-order chi connectivity index (χ0) is 19.1. The molecule has 1 aliphatic rings. The van der Waals surface area contributed by atoms with E-state index < -0.39 is 4.92 Å². The van der Waals surface area contributed by atoms with Crippen molar-refractivity contribution in [3.63, 3.8) is 0 Å². The normalized spacial score (nSPS) is 12.3. The van der Waals surface area contributed by atoms with Crippen LogP contribution in [0.4, 0.5) is 10.8 Å². The number of nitro benzene ring substituents is 1. The van der Waals surface area contributed by atoms with Crippen LogP contribution in [0.3, 0.4) is 0 Å². The maximum Gasteiger partial charge on any atom is 0.270 e. The van der Waals surface area contributed by atoms with Gasteiger partial charge in [0.1, 0.15) is 5.75 Å². The number of benzene rings is 2. The Balaban J connectivity index is 1.70. The average Bonchev–Trinajstić information content (AvgIpc) is 3.19. The first-order valence-corrected chi connectivity index (χ1v) is 9.73. The van der Waals surface area contributed by atoms with Gasteiger partial charge in [-0.15, -0.1) is 0 Å². The fourth-order valence-electron chi connectivity index (χ4n) is 3.08. The van der Waals surface area contributed by atoms with Gasteiger partial charge >= 0.3 is 0 Å². The van der Waals surface area contributed by atoms with Crippen LogP contribution in [0.15, 0.2) is 39.8 Å². The third-order valence-electron chi connectivity index (χ3n) is 4.49. The highest BCUT2D eigenvalue weighted by Gasteiger charge is 2.28. The number of hydrogen-bond acceptors (Lipinski definition) is 6. The molecule has 136 valence electrons. The van der Waals surface area contributed by atoms with E-state index >= 15 is 0 Å². The number of nitrogens with zero attached hydrogens (tertiary/aromatic N) is 3. The Hall–Kier alpha value is -2.58. The lowest BCUT2D eigenvalue weighted by Gasteiger charge is -2.08. The Bertz CT molecular complexity index is 1110. The van der Waals surface area contributed by atoms with Crippen LogP contribution in [0.1, 0.15) is 21.6 Å². The molecule has 0 amide bonds. The quantitative estimate of drug-likeness (QED) is 0.238. The van der Waals surface area contributed by atoms with Gasteiger partial charge < -0.3 is 4.74 Å². The minimum Gasteiger partial charge on any atom is -0.496 e. The Morgan fingerprint density at radius 2 is 2.19 bits per heavy atom. The molecular formula is C19H14BrN3O3S. The largest absolute Gasteiger partial charge is 0.496 e. The fourth-order valence-corrected chi connectivity index (χ4v) is 4.47. The third kappa shape index (κ3) is 3.15. The molecule has 1 aromatic heterocycles. The Morgan fingerprint density at radius 3 is 2.93 bits per heavy atom. The molecule has 0 bridgehead atoms. The Kier molecular flexibility index (Phi) is 4.53. The number of thiazole rings is 1. The van der Waals surface area contributed by atoms with Crippen molar-refractivity contribution in [3.8, 4) is 17.0 Å². The van der Waals surface area contributed by atoms with Crippen molar-refractivity contribution in [2.45, 2.75) is 13.3 Å². The van der Waals surface area contributed by atoms with Gasteiger partial charge in [0, 0.05) is 45.2 Å². The zero-order valence-corrected chi connectivity index (χ0v) is 16.9. The summed E-state index contributed by atoms with van der Waals surface area (Å²) < 4.78 is 6.54. The molecule has 0 saturated carbocycles. The van der Waals surface area contributed by atoms with Gasteiger partial charge in [0.25, 0.3) is 5.69 Å². The van der Waals surface area contributed by atoms with Crippen molar-refractivity contribution in [1.82, 2.24) is 4.98 Å². The predicted octanol–water partition coefficient (Wildman–Crippen LogP) is 5.45. The van der Waals surface area contributed by atoms with E-state index in [9.17, 15) is 10.1 Å². The third-order valence-corrected chi connectivity index (χ3v) is 6.19. The molecule has 0 atom stereocenters. The van der Waals surface area contributed by atoms with Crippen molar-refractivity contribution < 1.29 is 9.66 Å². The van der Waals surface area contributed by atoms with Gasteiger partial charge in [-0.3, -0.25) is 10.1 Å². The smallest absolute Gasteiger partial charge is 0.270 e. The van der Waals surface area contributed by atoms with Crippen LogP contribution in [0.5, 0.6) is 5.75 Å². The summed E-state index contributed by atoms with van der Waals surface area (Å²) in [5, 5.41) is 11.6. The molecule has 27 heavy (non-hydrogen) atoms. The molecule has 8 heteroatoms. The second-order valence-electron chi connectivity index (χ2n) is 6.10. The maximum absolute atomic E-state index is 11.0. The summed E-state index contributed by atoms with van der Waals surface area (Å²) >= 11 is 5.12. The number of non-ortho nitro benzene ring substituents is 1. The van der Waals surface area contributed by atoms with Crippen molar-refractivity contribution in [1.29, 1.82) is 0 Å². The predicted molar refractivity (Wildman–Crippen MR) is 110 cm³/mol. The van der Waals surface area contributed by atoms with Crippen molar-refractivity contribution in [2.75, 3.05) is 7.11 Å². The standard InChI is InChI=1S/C19H14BrN3O3S/c1-10-3-4-12(23(24)25)7-11(10)9-21-19-22-18-16(27-19)8-13-14(20)5-6-15(26-2)17(13)18/h3-7,9H,8H2,1-2H3. The molecule has 0 aliphatic heterocycles. The summed E-state index contributed by atoms with van der Waals surface area (Å²) in [7, 11) is 1.65. The van der Waals surface area contributed by atoms with Crippen LogP contribution in [-0.2, 0) is 6.42 Å². The highest BCUT2D eigenvalue weighted by molar-refractivity contribution is 9.10. The van der Waals surface area contributed by atoms with E-state index in [1.807, 2.05) is 19.1 Å². The van der Waals surface area contributed by atoms with Gasteiger partial charge in [-0.25, -0.2) is 9.98 Å². The SMILES string of the molecule is COc1ccc(Br)c2c1-c1nc(N=Cc3cc([N+](=O)[O-])ccc3C)sc1C2. The van der Waals surface area contributed by atoms with Crippen molar-refractivity contribution >= 4 is 44.3 Å². The van der Waals surface area contributed by atoms with Crippen LogP contribution in [0.25, 0.3) is 11.3 Å². The lowest BCUT2D eigenvalue weighted by atomic mass is 10.1. The second-order valence-corrected chi connectivity index (χ2v) is 8.02. The van der Waals surface area contributed by atoms with E-state index in [1.165, 1.54) is 29.0 Å². The molecule has 1 heterocycles. The minimum absolute atomic E-state index is 0.0483. The van der Waals surface area contributed by atoms with Crippen molar-refractivity contribution in [2.24, 2.45) is 4.99 Å². The number of nitro groups is 1. The molecule has 0 saturated heterocycles. The minimum atomic E-state index is -0.407. The summed E-state index contributed by atoms with van der Waals surface area (Å²) in [6, 6.07) is 8.65. The number of methoxy groups -OCH3 is 1. The van der Waals surface area contributed by atoms with E-state index in [4.69, 9.17) is 4.74 Å². The highest BCUT2D eigenvalue weighted by Crippen LogP contribution is 2.48. The van der Waals surface area contributed by atoms with Crippen LogP contribution in [-0.4, -0.2) is 23.2 Å². The zero-order valence-electron chi connectivity index (χ0n) is 14.5. The number of hydrogen-bond donors (Lipinski definition) is 0. The molecule has 4 rings (SSSR count).